The number of carbonyl (C=O) groups excluding carboxylic acids is 1. The van der Waals surface area contributed by atoms with Crippen LogP contribution < -0.4 is 0 Å². The maximum Gasteiger partial charge on any atom is 0.233 e. The van der Waals surface area contributed by atoms with Crippen molar-refractivity contribution >= 4 is 17.7 Å². The lowest BCUT2D eigenvalue weighted by Crippen LogP contribution is -2.39. The van der Waals surface area contributed by atoms with E-state index in [9.17, 15) is 4.79 Å². The molecule has 0 unspecified atom stereocenters. The highest BCUT2D eigenvalue weighted by molar-refractivity contribution is 7.99. The number of rotatable bonds is 5. The molecule has 0 saturated heterocycles. The van der Waals surface area contributed by atoms with Crippen molar-refractivity contribution in [2.75, 3.05) is 12.8 Å². The van der Waals surface area contributed by atoms with Gasteiger partial charge in [0.1, 0.15) is 0 Å². The maximum atomic E-state index is 12.4. The van der Waals surface area contributed by atoms with E-state index in [1.165, 1.54) is 31.0 Å². The SMILES string of the molecule is CN(C(=O)CSc1nnc(-c2cccnc2)n1C)C1CCCCC1. The first-order chi connectivity index (χ1) is 11.7. The first-order valence-corrected chi connectivity index (χ1v) is 9.33. The van der Waals surface area contributed by atoms with Crippen LogP contribution in [0.15, 0.2) is 29.7 Å². The van der Waals surface area contributed by atoms with Crippen LogP contribution in [-0.2, 0) is 11.8 Å². The van der Waals surface area contributed by atoms with Gasteiger partial charge in [0, 0.05) is 38.1 Å². The zero-order valence-electron chi connectivity index (χ0n) is 14.2. The molecule has 1 saturated carbocycles. The molecule has 0 radical (unpaired) electrons. The lowest BCUT2D eigenvalue weighted by molar-refractivity contribution is -0.129. The molecule has 1 fully saturated rings. The smallest absolute Gasteiger partial charge is 0.233 e. The molecule has 1 aliphatic carbocycles. The number of carbonyl (C=O) groups is 1. The summed E-state index contributed by atoms with van der Waals surface area (Å²) in [5, 5.41) is 9.19. The molecule has 0 bridgehead atoms. The second-order valence-corrected chi connectivity index (χ2v) is 7.13. The molecule has 3 rings (SSSR count). The first-order valence-electron chi connectivity index (χ1n) is 8.35. The van der Waals surface area contributed by atoms with Gasteiger partial charge in [-0.15, -0.1) is 10.2 Å². The molecule has 1 amide bonds. The van der Waals surface area contributed by atoms with Crippen molar-refractivity contribution in [2.24, 2.45) is 7.05 Å². The predicted octanol–water partition coefficient (Wildman–Crippen LogP) is 2.76. The maximum absolute atomic E-state index is 12.4. The predicted molar refractivity (Wildman–Crippen MR) is 94.6 cm³/mol. The molecule has 0 aromatic carbocycles. The van der Waals surface area contributed by atoms with Gasteiger partial charge in [0.25, 0.3) is 0 Å². The Balaban J connectivity index is 1.60. The van der Waals surface area contributed by atoms with Gasteiger partial charge in [-0.2, -0.15) is 0 Å². The summed E-state index contributed by atoms with van der Waals surface area (Å²) in [6.45, 7) is 0. The molecule has 0 aliphatic heterocycles. The Morgan fingerprint density at radius 2 is 2.12 bits per heavy atom. The quantitative estimate of drug-likeness (QED) is 0.780. The van der Waals surface area contributed by atoms with Crippen LogP contribution in [0.2, 0.25) is 0 Å². The summed E-state index contributed by atoms with van der Waals surface area (Å²) < 4.78 is 1.91. The van der Waals surface area contributed by atoms with Crippen LogP contribution in [0, 0.1) is 0 Å². The molecule has 128 valence electrons. The van der Waals surface area contributed by atoms with E-state index in [1.807, 2.05) is 35.7 Å². The fourth-order valence-corrected chi connectivity index (χ4v) is 3.92. The van der Waals surface area contributed by atoms with Crippen LogP contribution in [0.5, 0.6) is 0 Å². The number of aromatic nitrogens is 4. The number of hydrogen-bond acceptors (Lipinski definition) is 5. The highest BCUT2D eigenvalue weighted by Gasteiger charge is 2.22. The van der Waals surface area contributed by atoms with Crippen LogP contribution in [-0.4, -0.2) is 49.4 Å². The van der Waals surface area contributed by atoms with Gasteiger partial charge in [0.2, 0.25) is 5.91 Å². The van der Waals surface area contributed by atoms with Crippen LogP contribution in [0.1, 0.15) is 32.1 Å². The molecular weight excluding hydrogens is 322 g/mol. The topological polar surface area (TPSA) is 63.9 Å². The average Bonchev–Trinajstić information content (AvgIpc) is 3.01. The Hall–Kier alpha value is -1.89. The van der Waals surface area contributed by atoms with Gasteiger partial charge in [-0.25, -0.2) is 0 Å². The van der Waals surface area contributed by atoms with Gasteiger partial charge < -0.3 is 9.47 Å². The highest BCUT2D eigenvalue weighted by atomic mass is 32.2. The second kappa shape index (κ2) is 7.79. The van der Waals surface area contributed by atoms with E-state index in [2.05, 4.69) is 15.2 Å². The van der Waals surface area contributed by atoms with E-state index >= 15 is 0 Å². The minimum Gasteiger partial charge on any atom is -0.342 e. The van der Waals surface area contributed by atoms with Gasteiger partial charge in [-0.05, 0) is 25.0 Å². The van der Waals surface area contributed by atoms with Crippen molar-refractivity contribution in [3.05, 3.63) is 24.5 Å². The summed E-state index contributed by atoms with van der Waals surface area (Å²) in [6.07, 6.45) is 9.50. The normalized spacial score (nSPS) is 15.4. The summed E-state index contributed by atoms with van der Waals surface area (Å²) in [5.41, 5.74) is 0.921. The standard InChI is InChI=1S/C17H23N5OS/c1-21(14-8-4-3-5-9-14)15(23)12-24-17-20-19-16(22(17)2)13-7-6-10-18-11-13/h6-7,10-11,14H,3-5,8-9,12H2,1-2H3. The zero-order valence-corrected chi connectivity index (χ0v) is 15.0. The third kappa shape index (κ3) is 3.77. The van der Waals surface area contributed by atoms with Crippen LogP contribution in [0.3, 0.4) is 0 Å². The fourth-order valence-electron chi connectivity index (χ4n) is 3.09. The minimum atomic E-state index is 0.165. The van der Waals surface area contributed by atoms with Crippen LogP contribution in [0.25, 0.3) is 11.4 Å². The molecule has 24 heavy (non-hydrogen) atoms. The molecule has 2 heterocycles. The summed E-state index contributed by atoms with van der Waals surface area (Å²) in [4.78, 5) is 18.5. The van der Waals surface area contributed by atoms with Gasteiger partial charge in [0.05, 0.1) is 5.75 Å². The van der Waals surface area contributed by atoms with Crippen LogP contribution in [0.4, 0.5) is 0 Å². The summed E-state index contributed by atoms with van der Waals surface area (Å²) in [6, 6.07) is 4.23. The van der Waals surface area contributed by atoms with Crippen molar-refractivity contribution in [1.82, 2.24) is 24.6 Å². The zero-order chi connectivity index (χ0) is 16.9. The third-order valence-corrected chi connectivity index (χ3v) is 5.60. The van der Waals surface area contributed by atoms with Gasteiger partial charge in [-0.1, -0.05) is 31.0 Å². The number of hydrogen-bond donors (Lipinski definition) is 0. The van der Waals surface area contributed by atoms with Gasteiger partial charge >= 0.3 is 0 Å². The highest BCUT2D eigenvalue weighted by Crippen LogP contribution is 2.24. The molecule has 7 heteroatoms. The van der Waals surface area contributed by atoms with Gasteiger partial charge in [-0.3, -0.25) is 9.78 Å². The summed E-state index contributed by atoms with van der Waals surface area (Å²) >= 11 is 1.44. The molecule has 0 spiro atoms. The van der Waals surface area contributed by atoms with Crippen molar-refractivity contribution in [3.63, 3.8) is 0 Å². The number of nitrogens with zero attached hydrogens (tertiary/aromatic N) is 5. The largest absolute Gasteiger partial charge is 0.342 e. The average molecular weight is 345 g/mol. The lowest BCUT2D eigenvalue weighted by Gasteiger charge is -2.31. The number of amides is 1. The Morgan fingerprint density at radius 3 is 2.83 bits per heavy atom. The van der Waals surface area contributed by atoms with E-state index in [4.69, 9.17) is 0 Å². The second-order valence-electron chi connectivity index (χ2n) is 6.19. The van der Waals surface area contributed by atoms with E-state index in [0.717, 1.165) is 29.4 Å². The Labute approximate surface area is 146 Å². The molecule has 2 aromatic heterocycles. The first kappa shape index (κ1) is 17.0. The van der Waals surface area contributed by atoms with E-state index in [0.29, 0.717) is 11.8 Å². The summed E-state index contributed by atoms with van der Waals surface area (Å²) in [7, 11) is 3.84. The van der Waals surface area contributed by atoms with Crippen molar-refractivity contribution in [1.29, 1.82) is 0 Å². The fraction of sp³-hybridized carbons (Fsp3) is 0.529. The molecule has 0 atom stereocenters. The number of pyridine rings is 1. The van der Waals surface area contributed by atoms with Crippen LogP contribution >= 0.6 is 11.8 Å². The van der Waals surface area contributed by atoms with E-state index in [1.54, 1.807) is 12.4 Å². The van der Waals surface area contributed by atoms with E-state index in [-0.39, 0.29) is 5.91 Å². The third-order valence-electron chi connectivity index (χ3n) is 4.60. The van der Waals surface area contributed by atoms with Crippen molar-refractivity contribution in [2.45, 2.75) is 43.3 Å². The Morgan fingerprint density at radius 1 is 1.33 bits per heavy atom. The molecule has 6 nitrogen and oxygen atoms in total. The lowest BCUT2D eigenvalue weighted by atomic mass is 9.94. The molecule has 1 aliphatic rings. The number of thioether (sulfide) groups is 1. The van der Waals surface area contributed by atoms with Crippen molar-refractivity contribution in [3.8, 4) is 11.4 Å². The summed E-state index contributed by atoms with van der Waals surface area (Å²) in [5.74, 6) is 1.32. The van der Waals surface area contributed by atoms with Gasteiger partial charge in [0.15, 0.2) is 11.0 Å². The molecular formula is C17H23N5OS. The monoisotopic (exact) mass is 345 g/mol. The Kier molecular flexibility index (Phi) is 5.50. The minimum absolute atomic E-state index is 0.165. The molecule has 2 aromatic rings. The van der Waals surface area contributed by atoms with E-state index < -0.39 is 0 Å². The Bertz CT molecular complexity index is 682. The van der Waals surface area contributed by atoms with Crippen molar-refractivity contribution < 1.29 is 4.79 Å². The molecule has 0 N–H and O–H groups in total.